The molecule has 0 saturated heterocycles. The summed E-state index contributed by atoms with van der Waals surface area (Å²) in [4.78, 5) is 11.8. The van der Waals surface area contributed by atoms with E-state index in [2.05, 4.69) is 0 Å². The molecular weight excluding hydrogens is 220 g/mol. The van der Waals surface area contributed by atoms with Crippen molar-refractivity contribution in [2.24, 2.45) is 0 Å². The number of carbonyl (C=O) groups is 1. The molecule has 1 aromatic rings. The van der Waals surface area contributed by atoms with Crippen molar-refractivity contribution in [3.63, 3.8) is 0 Å². The van der Waals surface area contributed by atoms with Crippen molar-refractivity contribution in [1.29, 1.82) is 0 Å². The van der Waals surface area contributed by atoms with E-state index in [0.29, 0.717) is 25.2 Å². The third kappa shape index (κ3) is 2.20. The monoisotopic (exact) mass is 236 g/mol. The van der Waals surface area contributed by atoms with E-state index in [0.717, 1.165) is 5.56 Å². The molecular formula is C13H16O4. The van der Waals surface area contributed by atoms with Crippen LogP contribution in [0, 0.1) is 0 Å². The second kappa shape index (κ2) is 4.28. The number of rotatable bonds is 2. The number of phenolic OH excluding ortho intramolecular Hbond substituents is 1. The molecule has 4 nitrogen and oxygen atoms in total. The van der Waals surface area contributed by atoms with Gasteiger partial charge in [-0.25, -0.2) is 4.79 Å². The SMILES string of the molecule is CCOC(=O)[C@]1(C)CCc2cc(O)ccc2O1. The Morgan fingerprint density at radius 2 is 2.35 bits per heavy atom. The van der Waals surface area contributed by atoms with Crippen molar-refractivity contribution in [2.75, 3.05) is 6.61 Å². The molecule has 1 aromatic carbocycles. The van der Waals surface area contributed by atoms with Crippen molar-refractivity contribution >= 4 is 5.97 Å². The summed E-state index contributed by atoms with van der Waals surface area (Å²) in [5, 5.41) is 9.36. The molecule has 0 aliphatic carbocycles. The van der Waals surface area contributed by atoms with Gasteiger partial charge in [0.15, 0.2) is 0 Å². The van der Waals surface area contributed by atoms with Crippen LogP contribution in [-0.2, 0) is 16.0 Å². The molecule has 1 heterocycles. The lowest BCUT2D eigenvalue weighted by atomic mass is 9.92. The Bertz CT molecular complexity index is 441. The molecule has 0 spiro atoms. The molecule has 0 amide bonds. The van der Waals surface area contributed by atoms with Crippen LogP contribution in [-0.4, -0.2) is 23.3 Å². The molecule has 0 unspecified atom stereocenters. The Morgan fingerprint density at radius 3 is 3.06 bits per heavy atom. The molecule has 0 fully saturated rings. The highest BCUT2D eigenvalue weighted by Gasteiger charge is 2.40. The smallest absolute Gasteiger partial charge is 0.350 e. The minimum atomic E-state index is -0.917. The lowest BCUT2D eigenvalue weighted by molar-refractivity contribution is -0.161. The topological polar surface area (TPSA) is 55.8 Å². The first kappa shape index (κ1) is 11.8. The van der Waals surface area contributed by atoms with Gasteiger partial charge in [0.25, 0.3) is 0 Å². The number of benzene rings is 1. The van der Waals surface area contributed by atoms with Crippen LogP contribution in [0.1, 0.15) is 25.8 Å². The van der Waals surface area contributed by atoms with Crippen molar-refractivity contribution in [2.45, 2.75) is 32.3 Å². The first-order chi connectivity index (χ1) is 8.05. The zero-order chi connectivity index (χ0) is 12.5. The van der Waals surface area contributed by atoms with Crippen LogP contribution in [0.2, 0.25) is 0 Å². The third-order valence-electron chi connectivity index (χ3n) is 2.96. The summed E-state index contributed by atoms with van der Waals surface area (Å²) in [6, 6.07) is 4.90. The van der Waals surface area contributed by atoms with Crippen LogP contribution in [0.25, 0.3) is 0 Å². The third-order valence-corrected chi connectivity index (χ3v) is 2.96. The summed E-state index contributed by atoms with van der Waals surface area (Å²) < 4.78 is 10.7. The second-order valence-electron chi connectivity index (χ2n) is 4.35. The summed E-state index contributed by atoms with van der Waals surface area (Å²) in [7, 11) is 0. The molecule has 4 heteroatoms. The largest absolute Gasteiger partial charge is 0.508 e. The summed E-state index contributed by atoms with van der Waals surface area (Å²) in [5.74, 6) is 0.524. The second-order valence-corrected chi connectivity index (χ2v) is 4.35. The van der Waals surface area contributed by atoms with Gasteiger partial charge in [-0.2, -0.15) is 0 Å². The molecule has 1 aliphatic heterocycles. The minimum absolute atomic E-state index is 0.215. The van der Waals surface area contributed by atoms with Gasteiger partial charge in [-0.15, -0.1) is 0 Å². The quantitative estimate of drug-likeness (QED) is 0.798. The van der Waals surface area contributed by atoms with E-state index in [-0.39, 0.29) is 11.7 Å². The summed E-state index contributed by atoms with van der Waals surface area (Å²) in [5.41, 5.74) is 0.00625. The summed E-state index contributed by atoms with van der Waals surface area (Å²) in [6.07, 6.45) is 1.25. The fourth-order valence-corrected chi connectivity index (χ4v) is 1.96. The van der Waals surface area contributed by atoms with Crippen LogP contribution in [0.3, 0.4) is 0 Å². The number of ether oxygens (including phenoxy) is 2. The fraction of sp³-hybridized carbons (Fsp3) is 0.462. The van der Waals surface area contributed by atoms with E-state index >= 15 is 0 Å². The van der Waals surface area contributed by atoms with Gasteiger partial charge < -0.3 is 14.6 Å². The molecule has 0 aromatic heterocycles. The molecule has 1 N–H and O–H groups in total. The van der Waals surface area contributed by atoms with E-state index < -0.39 is 5.60 Å². The first-order valence-corrected chi connectivity index (χ1v) is 5.73. The van der Waals surface area contributed by atoms with E-state index in [4.69, 9.17) is 9.47 Å². The average Bonchev–Trinajstić information content (AvgIpc) is 2.30. The Labute approximate surface area is 100 Å². The normalized spacial score (nSPS) is 22.5. The van der Waals surface area contributed by atoms with E-state index in [1.165, 1.54) is 0 Å². The Balaban J connectivity index is 2.23. The highest BCUT2D eigenvalue weighted by Crippen LogP contribution is 2.35. The molecule has 2 rings (SSSR count). The van der Waals surface area contributed by atoms with E-state index in [9.17, 15) is 9.90 Å². The van der Waals surface area contributed by atoms with Crippen LogP contribution in [0.4, 0.5) is 0 Å². The van der Waals surface area contributed by atoms with Crippen LogP contribution in [0.15, 0.2) is 18.2 Å². The predicted octanol–water partition coefficient (Wildman–Crippen LogP) is 2.04. The van der Waals surface area contributed by atoms with Crippen molar-refractivity contribution in [1.82, 2.24) is 0 Å². The van der Waals surface area contributed by atoms with Gasteiger partial charge in [-0.3, -0.25) is 0 Å². The zero-order valence-corrected chi connectivity index (χ0v) is 10.0. The molecule has 1 aliphatic rings. The van der Waals surface area contributed by atoms with Crippen LogP contribution < -0.4 is 4.74 Å². The summed E-state index contributed by atoms with van der Waals surface area (Å²) in [6.45, 7) is 3.86. The number of hydrogen-bond acceptors (Lipinski definition) is 4. The Morgan fingerprint density at radius 1 is 1.59 bits per heavy atom. The molecule has 0 radical (unpaired) electrons. The molecule has 92 valence electrons. The molecule has 0 bridgehead atoms. The number of aromatic hydroxyl groups is 1. The lowest BCUT2D eigenvalue weighted by Gasteiger charge is -2.33. The van der Waals surface area contributed by atoms with Crippen molar-refractivity contribution in [3.8, 4) is 11.5 Å². The molecule has 0 saturated carbocycles. The van der Waals surface area contributed by atoms with Crippen molar-refractivity contribution in [3.05, 3.63) is 23.8 Å². The number of fused-ring (bicyclic) bond motifs is 1. The number of carbonyl (C=O) groups excluding carboxylic acids is 1. The minimum Gasteiger partial charge on any atom is -0.508 e. The van der Waals surface area contributed by atoms with Gasteiger partial charge in [0.05, 0.1) is 6.61 Å². The number of aryl methyl sites for hydroxylation is 1. The summed E-state index contributed by atoms with van der Waals surface area (Å²) >= 11 is 0. The number of hydrogen-bond donors (Lipinski definition) is 1. The van der Waals surface area contributed by atoms with Crippen LogP contribution >= 0.6 is 0 Å². The van der Waals surface area contributed by atoms with Crippen molar-refractivity contribution < 1.29 is 19.4 Å². The van der Waals surface area contributed by atoms with Gasteiger partial charge in [-0.1, -0.05) is 0 Å². The van der Waals surface area contributed by atoms with Crippen LogP contribution in [0.5, 0.6) is 11.5 Å². The predicted molar refractivity (Wildman–Crippen MR) is 62.1 cm³/mol. The highest BCUT2D eigenvalue weighted by atomic mass is 16.6. The maximum Gasteiger partial charge on any atom is 0.350 e. The van der Waals surface area contributed by atoms with Gasteiger partial charge in [-0.05, 0) is 44.0 Å². The Hall–Kier alpha value is -1.71. The zero-order valence-electron chi connectivity index (χ0n) is 10.0. The number of phenols is 1. The van der Waals surface area contributed by atoms with Gasteiger partial charge in [0.1, 0.15) is 11.5 Å². The first-order valence-electron chi connectivity index (χ1n) is 5.73. The average molecular weight is 236 g/mol. The fourth-order valence-electron chi connectivity index (χ4n) is 1.96. The van der Waals surface area contributed by atoms with Gasteiger partial charge in [0.2, 0.25) is 5.60 Å². The highest BCUT2D eigenvalue weighted by molar-refractivity contribution is 5.80. The maximum atomic E-state index is 11.8. The Kier molecular flexibility index (Phi) is 2.96. The molecule has 17 heavy (non-hydrogen) atoms. The van der Waals surface area contributed by atoms with Gasteiger partial charge >= 0.3 is 5.97 Å². The van der Waals surface area contributed by atoms with Gasteiger partial charge in [0, 0.05) is 6.42 Å². The maximum absolute atomic E-state index is 11.8. The lowest BCUT2D eigenvalue weighted by Crippen LogP contribution is -2.45. The van der Waals surface area contributed by atoms with E-state index in [1.807, 2.05) is 0 Å². The standard InChI is InChI=1S/C13H16O4/c1-3-16-12(15)13(2)7-6-9-8-10(14)4-5-11(9)17-13/h4-5,8,14H,3,6-7H2,1-2H3/t13-/m0/s1. The van der Waals surface area contributed by atoms with E-state index in [1.54, 1.807) is 32.0 Å². The number of esters is 1. The molecule has 1 atom stereocenters.